The molecule has 0 aliphatic heterocycles. The van der Waals surface area contributed by atoms with E-state index in [1.807, 2.05) is 0 Å². The highest BCUT2D eigenvalue weighted by Gasteiger charge is 2.33. The molecule has 1 fully saturated rings. The lowest BCUT2D eigenvalue weighted by atomic mass is 10.0. The number of likely N-dealkylation sites (N-methyl/N-ethyl adjacent to an activating group) is 1. The quantitative estimate of drug-likeness (QED) is 0.844. The van der Waals surface area contributed by atoms with Crippen LogP contribution in [-0.4, -0.2) is 41.7 Å². The summed E-state index contributed by atoms with van der Waals surface area (Å²) in [4.78, 5) is 13.9. The molecule has 2 rings (SSSR count). The number of nitrogens with zero attached hydrogens (tertiary/aromatic N) is 1. The van der Waals surface area contributed by atoms with Gasteiger partial charge in [0.2, 0.25) is 0 Å². The summed E-state index contributed by atoms with van der Waals surface area (Å²) in [5, 5.41) is 10.4. The monoisotopic (exact) mass is 287 g/mol. The highest BCUT2D eigenvalue weighted by atomic mass is 16.5. The average Bonchev–Trinajstić information content (AvgIpc) is 2.91. The normalized spacial score (nSPS) is 16.2. The minimum Gasteiger partial charge on any atom is -0.481 e. The van der Waals surface area contributed by atoms with Crippen LogP contribution in [0.5, 0.6) is 5.75 Å². The smallest absolute Gasteiger partial charge is 0.253 e. The Bertz CT molecular complexity index is 524. The molecule has 0 unspecified atom stereocenters. The van der Waals surface area contributed by atoms with Gasteiger partial charge in [-0.1, -0.05) is 18.8 Å². The van der Waals surface area contributed by atoms with Crippen molar-refractivity contribution in [3.05, 3.63) is 29.8 Å². The van der Waals surface area contributed by atoms with Crippen molar-refractivity contribution in [3.8, 4) is 18.1 Å². The van der Waals surface area contributed by atoms with Crippen molar-refractivity contribution in [3.63, 3.8) is 0 Å². The third-order valence-corrected chi connectivity index (χ3v) is 3.84. The summed E-state index contributed by atoms with van der Waals surface area (Å²) < 4.78 is 5.27. The number of carbonyl (C=O) groups is 1. The molecule has 1 aromatic rings. The first-order valence-electron chi connectivity index (χ1n) is 7.18. The standard InChI is InChI=1S/C17H21NO3/c1-3-12-21-15-8-6-14(7-9-15)16(19)18(2)13-17(20)10-4-5-11-17/h1,6-9,20H,4-5,10-13H2,2H3. The Kier molecular flexibility index (Phi) is 4.87. The lowest BCUT2D eigenvalue weighted by molar-refractivity contribution is 0.0157. The molecule has 1 aromatic carbocycles. The molecule has 0 heterocycles. The summed E-state index contributed by atoms with van der Waals surface area (Å²) in [6.45, 7) is 0.585. The Morgan fingerprint density at radius 2 is 2.00 bits per heavy atom. The van der Waals surface area contributed by atoms with Gasteiger partial charge >= 0.3 is 0 Å². The highest BCUT2D eigenvalue weighted by Crippen LogP contribution is 2.30. The van der Waals surface area contributed by atoms with Crippen LogP contribution in [-0.2, 0) is 0 Å². The van der Waals surface area contributed by atoms with E-state index in [9.17, 15) is 9.90 Å². The van der Waals surface area contributed by atoms with Crippen LogP contribution in [0, 0.1) is 12.3 Å². The van der Waals surface area contributed by atoms with E-state index in [-0.39, 0.29) is 12.5 Å². The molecule has 1 aliphatic rings. The zero-order chi connectivity index (χ0) is 15.3. The van der Waals surface area contributed by atoms with Crippen LogP contribution in [0.1, 0.15) is 36.0 Å². The highest BCUT2D eigenvalue weighted by molar-refractivity contribution is 5.94. The molecule has 0 radical (unpaired) electrons. The minimum absolute atomic E-state index is 0.0983. The van der Waals surface area contributed by atoms with Crippen molar-refractivity contribution in [1.29, 1.82) is 0 Å². The van der Waals surface area contributed by atoms with Crippen molar-refractivity contribution >= 4 is 5.91 Å². The van der Waals surface area contributed by atoms with Gasteiger partial charge in [0.15, 0.2) is 0 Å². The van der Waals surface area contributed by atoms with E-state index < -0.39 is 5.60 Å². The summed E-state index contributed by atoms with van der Waals surface area (Å²) in [6.07, 6.45) is 8.71. The van der Waals surface area contributed by atoms with Crippen molar-refractivity contribution in [1.82, 2.24) is 4.90 Å². The molecule has 112 valence electrons. The number of carbonyl (C=O) groups excluding carboxylic acids is 1. The van der Waals surface area contributed by atoms with Crippen LogP contribution >= 0.6 is 0 Å². The third kappa shape index (κ3) is 3.99. The first-order valence-corrected chi connectivity index (χ1v) is 7.18. The molecular formula is C17H21NO3. The van der Waals surface area contributed by atoms with E-state index in [1.165, 1.54) is 0 Å². The molecule has 1 amide bonds. The SMILES string of the molecule is C#CCOc1ccc(C(=O)N(C)CC2(O)CCCC2)cc1. The van der Waals surface area contributed by atoms with E-state index in [1.54, 1.807) is 36.2 Å². The Hall–Kier alpha value is -1.99. The van der Waals surface area contributed by atoms with E-state index in [0.717, 1.165) is 25.7 Å². The predicted molar refractivity (Wildman–Crippen MR) is 81.1 cm³/mol. The second kappa shape index (κ2) is 6.64. The van der Waals surface area contributed by atoms with E-state index in [0.29, 0.717) is 17.9 Å². The Morgan fingerprint density at radius 1 is 1.38 bits per heavy atom. The molecule has 0 spiro atoms. The summed E-state index contributed by atoms with van der Waals surface area (Å²) in [7, 11) is 1.72. The molecule has 21 heavy (non-hydrogen) atoms. The van der Waals surface area contributed by atoms with Crippen molar-refractivity contribution < 1.29 is 14.6 Å². The molecule has 1 N–H and O–H groups in total. The van der Waals surface area contributed by atoms with E-state index >= 15 is 0 Å². The fourth-order valence-electron chi connectivity index (χ4n) is 2.74. The lowest BCUT2D eigenvalue weighted by Crippen LogP contribution is -2.42. The molecule has 1 saturated carbocycles. The largest absolute Gasteiger partial charge is 0.481 e. The number of benzene rings is 1. The number of terminal acetylenes is 1. The van der Waals surface area contributed by atoms with Crippen LogP contribution in [0.3, 0.4) is 0 Å². The maximum Gasteiger partial charge on any atom is 0.253 e. The average molecular weight is 287 g/mol. The first kappa shape index (κ1) is 15.4. The predicted octanol–water partition coefficient (Wildman–Crippen LogP) is 2.08. The zero-order valence-electron chi connectivity index (χ0n) is 12.3. The number of rotatable bonds is 5. The summed E-state index contributed by atoms with van der Waals surface area (Å²) in [6, 6.07) is 6.87. The van der Waals surface area contributed by atoms with Gasteiger partial charge in [0.25, 0.3) is 5.91 Å². The maximum atomic E-state index is 12.3. The summed E-state index contributed by atoms with van der Waals surface area (Å²) >= 11 is 0. The summed E-state index contributed by atoms with van der Waals surface area (Å²) in [5.41, 5.74) is -0.146. The van der Waals surface area contributed by atoms with Crippen LogP contribution < -0.4 is 4.74 Å². The molecule has 0 saturated heterocycles. The summed E-state index contributed by atoms with van der Waals surface area (Å²) in [5.74, 6) is 2.93. The molecular weight excluding hydrogens is 266 g/mol. The van der Waals surface area contributed by atoms with Crippen molar-refractivity contribution in [2.75, 3.05) is 20.2 Å². The van der Waals surface area contributed by atoms with E-state index in [2.05, 4.69) is 5.92 Å². The maximum absolute atomic E-state index is 12.3. The third-order valence-electron chi connectivity index (χ3n) is 3.84. The Morgan fingerprint density at radius 3 is 2.57 bits per heavy atom. The van der Waals surface area contributed by atoms with Gasteiger partial charge < -0.3 is 14.7 Å². The van der Waals surface area contributed by atoms with Crippen molar-refractivity contribution in [2.24, 2.45) is 0 Å². The van der Waals surface area contributed by atoms with Gasteiger partial charge in [0, 0.05) is 19.2 Å². The lowest BCUT2D eigenvalue weighted by Gasteiger charge is -2.28. The van der Waals surface area contributed by atoms with Gasteiger partial charge in [-0.15, -0.1) is 6.42 Å². The number of ether oxygens (including phenoxy) is 1. The molecule has 0 atom stereocenters. The first-order chi connectivity index (χ1) is 10.0. The van der Waals surface area contributed by atoms with Gasteiger partial charge in [0.05, 0.1) is 5.60 Å². The topological polar surface area (TPSA) is 49.8 Å². The van der Waals surface area contributed by atoms with Gasteiger partial charge in [-0.05, 0) is 37.1 Å². The Labute approximate surface area is 125 Å². The number of hydrogen-bond acceptors (Lipinski definition) is 3. The molecule has 1 aliphatic carbocycles. The molecule has 0 bridgehead atoms. The second-order valence-corrected chi connectivity index (χ2v) is 5.61. The van der Waals surface area contributed by atoms with Crippen LogP contribution in [0.15, 0.2) is 24.3 Å². The Balaban J connectivity index is 1.97. The van der Waals surface area contributed by atoms with E-state index in [4.69, 9.17) is 11.2 Å². The second-order valence-electron chi connectivity index (χ2n) is 5.61. The van der Waals surface area contributed by atoms with Gasteiger partial charge in [-0.3, -0.25) is 4.79 Å². The fraction of sp³-hybridized carbons (Fsp3) is 0.471. The fourth-order valence-corrected chi connectivity index (χ4v) is 2.74. The van der Waals surface area contributed by atoms with Crippen LogP contribution in [0.25, 0.3) is 0 Å². The molecule has 0 aromatic heterocycles. The van der Waals surface area contributed by atoms with Crippen LogP contribution in [0.2, 0.25) is 0 Å². The zero-order valence-corrected chi connectivity index (χ0v) is 12.3. The van der Waals surface area contributed by atoms with Crippen molar-refractivity contribution in [2.45, 2.75) is 31.3 Å². The number of amides is 1. The van der Waals surface area contributed by atoms with Crippen LogP contribution in [0.4, 0.5) is 0 Å². The van der Waals surface area contributed by atoms with Gasteiger partial charge in [-0.2, -0.15) is 0 Å². The molecule has 4 heteroatoms. The van der Waals surface area contributed by atoms with Gasteiger partial charge in [0.1, 0.15) is 12.4 Å². The number of hydrogen-bond donors (Lipinski definition) is 1. The molecule has 4 nitrogen and oxygen atoms in total. The number of aliphatic hydroxyl groups is 1. The van der Waals surface area contributed by atoms with Gasteiger partial charge in [-0.25, -0.2) is 0 Å². The minimum atomic E-state index is -0.722.